The van der Waals surface area contributed by atoms with Crippen LogP contribution in [0.1, 0.15) is 31.5 Å². The van der Waals surface area contributed by atoms with Crippen LogP contribution in [0, 0.1) is 0 Å². The molecule has 1 unspecified atom stereocenters. The normalized spacial score (nSPS) is 32.2. The molecule has 0 radical (unpaired) electrons. The van der Waals surface area contributed by atoms with Gasteiger partial charge in [0.15, 0.2) is 5.82 Å². The molecule has 7 heteroatoms. The molecule has 106 valence electrons. The minimum atomic E-state index is -0.136. The lowest BCUT2D eigenvalue weighted by atomic mass is 10.1. The largest absolute Gasteiger partial charge is 0.392 e. The minimum absolute atomic E-state index is 0.136. The van der Waals surface area contributed by atoms with Crippen molar-refractivity contribution < 1.29 is 5.11 Å². The number of hydrogen-bond donors (Lipinski definition) is 2. The highest BCUT2D eigenvalue weighted by atomic mass is 16.3. The molecule has 1 aromatic heterocycles. The molecule has 0 amide bonds. The van der Waals surface area contributed by atoms with Gasteiger partial charge in [-0.3, -0.25) is 4.90 Å². The Morgan fingerprint density at radius 2 is 2.26 bits per heavy atom. The number of aromatic nitrogens is 4. The summed E-state index contributed by atoms with van der Waals surface area (Å²) in [7, 11) is 1.78. The van der Waals surface area contributed by atoms with Crippen molar-refractivity contribution >= 4 is 0 Å². The van der Waals surface area contributed by atoms with Gasteiger partial charge in [0.05, 0.1) is 19.7 Å². The van der Waals surface area contributed by atoms with Crippen molar-refractivity contribution in [3.8, 4) is 0 Å². The minimum Gasteiger partial charge on any atom is -0.392 e. The van der Waals surface area contributed by atoms with Gasteiger partial charge in [-0.2, -0.15) is 4.80 Å². The number of β-amino-alcohol motifs (C(OH)–C–C–N with tert-alkyl or cyclic N) is 1. The molecule has 1 saturated heterocycles. The molecule has 1 aliphatic heterocycles. The van der Waals surface area contributed by atoms with Crippen molar-refractivity contribution in [3.05, 3.63) is 5.82 Å². The number of aliphatic hydroxyl groups excluding tert-OH is 1. The van der Waals surface area contributed by atoms with E-state index in [9.17, 15) is 5.11 Å². The summed E-state index contributed by atoms with van der Waals surface area (Å²) in [6.07, 6.45) is 4.44. The predicted molar refractivity (Wildman–Crippen MR) is 69.3 cm³/mol. The maximum atomic E-state index is 9.66. The summed E-state index contributed by atoms with van der Waals surface area (Å²) in [5.74, 6) is 0.745. The van der Waals surface area contributed by atoms with Gasteiger partial charge in [-0.1, -0.05) is 6.42 Å². The first kappa shape index (κ1) is 13.0. The highest BCUT2D eigenvalue weighted by molar-refractivity contribution is 4.94. The summed E-state index contributed by atoms with van der Waals surface area (Å²) in [5.41, 5.74) is 0. The molecule has 0 spiro atoms. The van der Waals surface area contributed by atoms with E-state index in [0.29, 0.717) is 18.6 Å². The molecule has 3 rings (SSSR count). The quantitative estimate of drug-likeness (QED) is 0.749. The van der Waals surface area contributed by atoms with Crippen LogP contribution in [0.15, 0.2) is 0 Å². The second-order valence-electron chi connectivity index (χ2n) is 5.62. The maximum absolute atomic E-state index is 9.66. The first-order chi connectivity index (χ1) is 9.22. The van der Waals surface area contributed by atoms with Crippen molar-refractivity contribution in [2.45, 2.75) is 50.4 Å². The zero-order chi connectivity index (χ0) is 13.2. The van der Waals surface area contributed by atoms with Gasteiger partial charge in [0, 0.05) is 25.2 Å². The Balaban J connectivity index is 1.54. The third-order valence-electron chi connectivity index (χ3n) is 4.22. The van der Waals surface area contributed by atoms with Gasteiger partial charge in [-0.05, 0) is 24.5 Å². The SMILES string of the molecule is Cn1nnc(CN[C@@H]2CCC[C@@H]2N2CCC(O)C2)n1. The van der Waals surface area contributed by atoms with E-state index >= 15 is 0 Å². The molecule has 3 atom stereocenters. The van der Waals surface area contributed by atoms with Gasteiger partial charge >= 0.3 is 0 Å². The Morgan fingerprint density at radius 1 is 1.37 bits per heavy atom. The molecule has 1 aliphatic carbocycles. The van der Waals surface area contributed by atoms with Crippen molar-refractivity contribution in [1.82, 2.24) is 30.4 Å². The zero-order valence-corrected chi connectivity index (χ0v) is 11.4. The fourth-order valence-corrected chi connectivity index (χ4v) is 3.30. The summed E-state index contributed by atoms with van der Waals surface area (Å²) in [5, 5.41) is 25.2. The molecular weight excluding hydrogens is 244 g/mol. The van der Waals surface area contributed by atoms with Gasteiger partial charge in [0.1, 0.15) is 0 Å². The Kier molecular flexibility index (Phi) is 3.76. The lowest BCUT2D eigenvalue weighted by Gasteiger charge is -2.29. The van der Waals surface area contributed by atoms with Crippen molar-refractivity contribution in [3.63, 3.8) is 0 Å². The Hall–Kier alpha value is -1.05. The summed E-state index contributed by atoms with van der Waals surface area (Å²) < 4.78 is 0. The average Bonchev–Trinajstić information content (AvgIpc) is 3.07. The molecule has 2 fully saturated rings. The van der Waals surface area contributed by atoms with E-state index in [1.54, 1.807) is 7.05 Å². The van der Waals surface area contributed by atoms with Crippen molar-refractivity contribution in [1.29, 1.82) is 0 Å². The molecule has 2 N–H and O–H groups in total. The molecule has 0 bridgehead atoms. The summed E-state index contributed by atoms with van der Waals surface area (Å²) in [6.45, 7) is 2.52. The van der Waals surface area contributed by atoms with Crippen LogP contribution in [0.3, 0.4) is 0 Å². The van der Waals surface area contributed by atoms with Crippen LogP contribution < -0.4 is 5.32 Å². The predicted octanol–water partition coefficient (Wildman–Crippen LogP) is -0.713. The highest BCUT2D eigenvalue weighted by Crippen LogP contribution is 2.27. The fourth-order valence-electron chi connectivity index (χ4n) is 3.30. The zero-order valence-electron chi connectivity index (χ0n) is 11.4. The van der Waals surface area contributed by atoms with E-state index in [-0.39, 0.29) is 6.10 Å². The van der Waals surface area contributed by atoms with Gasteiger partial charge in [-0.15, -0.1) is 10.2 Å². The number of aliphatic hydroxyl groups is 1. The molecule has 19 heavy (non-hydrogen) atoms. The number of nitrogens with zero attached hydrogens (tertiary/aromatic N) is 5. The number of tetrazole rings is 1. The van der Waals surface area contributed by atoms with E-state index in [1.165, 1.54) is 24.1 Å². The van der Waals surface area contributed by atoms with Gasteiger partial charge < -0.3 is 10.4 Å². The van der Waals surface area contributed by atoms with Crippen LogP contribution in [0.4, 0.5) is 0 Å². The third-order valence-corrected chi connectivity index (χ3v) is 4.22. The summed E-state index contributed by atoms with van der Waals surface area (Å²) in [6, 6.07) is 1.03. The van der Waals surface area contributed by atoms with E-state index in [4.69, 9.17) is 0 Å². The van der Waals surface area contributed by atoms with Crippen LogP contribution in [0.25, 0.3) is 0 Å². The van der Waals surface area contributed by atoms with Crippen molar-refractivity contribution in [2.24, 2.45) is 7.05 Å². The lowest BCUT2D eigenvalue weighted by Crippen LogP contribution is -2.46. The fraction of sp³-hybridized carbons (Fsp3) is 0.917. The van der Waals surface area contributed by atoms with E-state index in [1.807, 2.05) is 0 Å². The second-order valence-corrected chi connectivity index (χ2v) is 5.62. The van der Waals surface area contributed by atoms with Crippen LogP contribution >= 0.6 is 0 Å². The highest BCUT2D eigenvalue weighted by Gasteiger charge is 2.35. The van der Waals surface area contributed by atoms with Crippen LogP contribution in [-0.2, 0) is 13.6 Å². The van der Waals surface area contributed by atoms with Crippen LogP contribution in [0.5, 0.6) is 0 Å². The Labute approximate surface area is 113 Å². The first-order valence-corrected chi connectivity index (χ1v) is 7.11. The number of rotatable bonds is 4. The molecule has 2 heterocycles. The number of likely N-dealkylation sites (tertiary alicyclic amines) is 1. The summed E-state index contributed by atoms with van der Waals surface area (Å²) >= 11 is 0. The van der Waals surface area contributed by atoms with E-state index in [0.717, 1.165) is 25.3 Å². The van der Waals surface area contributed by atoms with Crippen molar-refractivity contribution in [2.75, 3.05) is 13.1 Å². The van der Waals surface area contributed by atoms with E-state index < -0.39 is 0 Å². The molecule has 2 aliphatic rings. The first-order valence-electron chi connectivity index (χ1n) is 7.11. The van der Waals surface area contributed by atoms with Gasteiger partial charge in [0.2, 0.25) is 0 Å². The Bertz CT molecular complexity index is 422. The molecule has 1 aromatic rings. The Morgan fingerprint density at radius 3 is 2.95 bits per heavy atom. The topological polar surface area (TPSA) is 79.1 Å². The average molecular weight is 266 g/mol. The number of aryl methyl sites for hydroxylation is 1. The molecular formula is C12H22N6O. The number of hydrogen-bond acceptors (Lipinski definition) is 6. The third kappa shape index (κ3) is 2.93. The number of nitrogens with one attached hydrogen (secondary N) is 1. The maximum Gasteiger partial charge on any atom is 0.188 e. The monoisotopic (exact) mass is 266 g/mol. The van der Waals surface area contributed by atoms with Crippen LogP contribution in [-0.4, -0.2) is 61.5 Å². The standard InChI is InChI=1S/C12H22N6O/c1-17-15-12(14-16-17)7-13-10-3-2-4-11(10)18-6-5-9(19)8-18/h9-11,13,19H,2-8H2,1H3/t9?,10-,11+/m1/s1. The van der Waals surface area contributed by atoms with E-state index in [2.05, 4.69) is 25.6 Å². The molecule has 7 nitrogen and oxygen atoms in total. The molecule has 1 saturated carbocycles. The smallest absolute Gasteiger partial charge is 0.188 e. The van der Waals surface area contributed by atoms with Gasteiger partial charge in [0.25, 0.3) is 0 Å². The summed E-state index contributed by atoms with van der Waals surface area (Å²) in [4.78, 5) is 3.92. The molecule has 0 aromatic carbocycles. The second kappa shape index (κ2) is 5.52. The van der Waals surface area contributed by atoms with Crippen LogP contribution in [0.2, 0.25) is 0 Å². The lowest BCUT2D eigenvalue weighted by molar-refractivity contribution is 0.149. The van der Waals surface area contributed by atoms with Gasteiger partial charge in [-0.25, -0.2) is 0 Å².